The molecule has 2 rings (SSSR count). The van der Waals surface area contributed by atoms with Crippen molar-refractivity contribution in [2.45, 2.75) is 6.92 Å². The van der Waals surface area contributed by atoms with E-state index < -0.39 is 0 Å². The van der Waals surface area contributed by atoms with Crippen LogP contribution in [0, 0.1) is 11.8 Å². The molecule has 0 heterocycles. The monoisotopic (exact) mass is 237 g/mol. The fourth-order valence-corrected chi connectivity index (χ4v) is 1.55. The Labute approximate surface area is 107 Å². The summed E-state index contributed by atoms with van der Waals surface area (Å²) >= 11 is 0. The van der Waals surface area contributed by atoms with Crippen LogP contribution in [0.25, 0.3) is 0 Å². The smallest absolute Gasteiger partial charge is 0.119 e. The van der Waals surface area contributed by atoms with Crippen LogP contribution in [0.1, 0.15) is 18.1 Å². The average Bonchev–Trinajstić information content (AvgIpc) is 2.40. The molecule has 0 saturated carbocycles. The first-order valence-electron chi connectivity index (χ1n) is 5.89. The summed E-state index contributed by atoms with van der Waals surface area (Å²) in [6.07, 6.45) is 0. The van der Waals surface area contributed by atoms with E-state index in [1.165, 1.54) is 0 Å². The van der Waals surface area contributed by atoms with Gasteiger partial charge in [0, 0.05) is 16.8 Å². The van der Waals surface area contributed by atoms with Crippen molar-refractivity contribution < 1.29 is 4.74 Å². The summed E-state index contributed by atoms with van der Waals surface area (Å²) in [4.78, 5) is 0. The van der Waals surface area contributed by atoms with E-state index in [0.717, 1.165) is 16.9 Å². The van der Waals surface area contributed by atoms with Crippen molar-refractivity contribution in [1.82, 2.24) is 0 Å². The molecule has 2 aromatic rings. The zero-order valence-electron chi connectivity index (χ0n) is 10.3. The lowest BCUT2D eigenvalue weighted by Gasteiger charge is -2.01. The Morgan fingerprint density at radius 1 is 1.00 bits per heavy atom. The summed E-state index contributed by atoms with van der Waals surface area (Å²) in [5.41, 5.74) is 8.33. The molecule has 0 fully saturated rings. The number of nitrogen functional groups attached to an aromatic ring is 1. The first-order chi connectivity index (χ1) is 8.79. The number of hydrogen-bond donors (Lipinski definition) is 1. The highest BCUT2D eigenvalue weighted by Gasteiger charge is 1.93. The molecule has 2 heteroatoms. The number of ether oxygens (including phenoxy) is 1. The zero-order valence-corrected chi connectivity index (χ0v) is 10.3. The molecule has 0 atom stereocenters. The Morgan fingerprint density at radius 3 is 2.39 bits per heavy atom. The molecule has 0 spiro atoms. The van der Waals surface area contributed by atoms with Gasteiger partial charge in [-0.05, 0) is 43.3 Å². The van der Waals surface area contributed by atoms with Crippen molar-refractivity contribution in [3.05, 3.63) is 59.7 Å². The van der Waals surface area contributed by atoms with Crippen molar-refractivity contribution in [2.75, 3.05) is 12.3 Å². The molecule has 0 aliphatic carbocycles. The van der Waals surface area contributed by atoms with Gasteiger partial charge in [0.2, 0.25) is 0 Å². The Bertz CT molecular complexity index is 576. The quantitative estimate of drug-likeness (QED) is 0.643. The van der Waals surface area contributed by atoms with E-state index in [1.54, 1.807) is 0 Å². The third-order valence-corrected chi connectivity index (χ3v) is 2.47. The molecule has 0 aliphatic rings. The van der Waals surface area contributed by atoms with E-state index >= 15 is 0 Å². The maximum Gasteiger partial charge on any atom is 0.119 e. The van der Waals surface area contributed by atoms with Crippen LogP contribution >= 0.6 is 0 Å². The van der Waals surface area contributed by atoms with Gasteiger partial charge in [0.05, 0.1) is 6.61 Å². The van der Waals surface area contributed by atoms with Gasteiger partial charge in [-0.2, -0.15) is 0 Å². The molecule has 0 saturated heterocycles. The van der Waals surface area contributed by atoms with Crippen molar-refractivity contribution in [3.8, 4) is 17.6 Å². The summed E-state index contributed by atoms with van der Waals surface area (Å²) in [7, 11) is 0. The summed E-state index contributed by atoms with van der Waals surface area (Å²) in [5.74, 6) is 7.01. The number of para-hydroxylation sites is 1. The normalized spacial score (nSPS) is 9.39. The number of hydrogen-bond acceptors (Lipinski definition) is 2. The molecule has 0 bridgehead atoms. The molecule has 2 N–H and O–H groups in total. The van der Waals surface area contributed by atoms with Gasteiger partial charge in [-0.3, -0.25) is 0 Å². The van der Waals surface area contributed by atoms with E-state index in [0.29, 0.717) is 12.3 Å². The van der Waals surface area contributed by atoms with Crippen LogP contribution in [-0.4, -0.2) is 6.61 Å². The summed E-state index contributed by atoms with van der Waals surface area (Å²) < 4.78 is 5.37. The third-order valence-electron chi connectivity index (χ3n) is 2.47. The summed E-state index contributed by atoms with van der Waals surface area (Å²) in [5, 5.41) is 0. The summed E-state index contributed by atoms with van der Waals surface area (Å²) in [6, 6.07) is 15.3. The molecule has 2 nitrogen and oxygen atoms in total. The van der Waals surface area contributed by atoms with E-state index in [4.69, 9.17) is 10.5 Å². The molecular weight excluding hydrogens is 222 g/mol. The number of rotatable bonds is 2. The van der Waals surface area contributed by atoms with E-state index in [-0.39, 0.29) is 0 Å². The molecule has 0 radical (unpaired) electrons. The minimum absolute atomic E-state index is 0.672. The van der Waals surface area contributed by atoms with Crippen LogP contribution in [-0.2, 0) is 0 Å². The lowest BCUT2D eigenvalue weighted by molar-refractivity contribution is 0.340. The van der Waals surface area contributed by atoms with E-state index in [1.807, 2.05) is 55.5 Å². The van der Waals surface area contributed by atoms with Gasteiger partial charge < -0.3 is 10.5 Å². The van der Waals surface area contributed by atoms with Crippen LogP contribution in [0.3, 0.4) is 0 Å². The number of nitrogens with two attached hydrogens (primary N) is 1. The van der Waals surface area contributed by atoms with Crippen LogP contribution in [0.15, 0.2) is 48.5 Å². The minimum atomic E-state index is 0.672. The van der Waals surface area contributed by atoms with Crippen molar-refractivity contribution in [3.63, 3.8) is 0 Å². The molecular formula is C16H15NO. The Morgan fingerprint density at radius 2 is 1.72 bits per heavy atom. The fraction of sp³-hybridized carbons (Fsp3) is 0.125. The molecule has 90 valence electrons. The first-order valence-corrected chi connectivity index (χ1v) is 5.89. The minimum Gasteiger partial charge on any atom is -0.494 e. The highest BCUT2D eigenvalue weighted by molar-refractivity contribution is 5.57. The van der Waals surface area contributed by atoms with Crippen molar-refractivity contribution in [1.29, 1.82) is 0 Å². The Kier molecular flexibility index (Phi) is 3.88. The van der Waals surface area contributed by atoms with Gasteiger partial charge in [0.1, 0.15) is 5.75 Å². The molecule has 0 amide bonds. The zero-order chi connectivity index (χ0) is 12.8. The fourth-order valence-electron chi connectivity index (χ4n) is 1.55. The standard InChI is InChI=1S/C16H15NO/c1-2-18-15-11-8-13(9-12-15)7-10-14-5-3-4-6-16(14)17/h3-6,8-9,11-12H,2,17H2,1H3. The van der Waals surface area contributed by atoms with Crippen LogP contribution in [0.2, 0.25) is 0 Å². The maximum absolute atomic E-state index is 5.83. The second kappa shape index (κ2) is 5.79. The van der Waals surface area contributed by atoms with Gasteiger partial charge in [-0.15, -0.1) is 0 Å². The predicted octanol–water partition coefficient (Wildman–Crippen LogP) is 3.07. The Balaban J connectivity index is 2.17. The first kappa shape index (κ1) is 12.1. The van der Waals surface area contributed by atoms with Crippen LogP contribution in [0.5, 0.6) is 5.75 Å². The van der Waals surface area contributed by atoms with Crippen molar-refractivity contribution in [2.24, 2.45) is 0 Å². The average molecular weight is 237 g/mol. The molecule has 0 unspecified atom stereocenters. The number of anilines is 1. The second-order valence-electron chi connectivity index (χ2n) is 3.79. The summed E-state index contributed by atoms with van der Waals surface area (Å²) in [6.45, 7) is 2.64. The van der Waals surface area contributed by atoms with Gasteiger partial charge >= 0.3 is 0 Å². The number of benzene rings is 2. The van der Waals surface area contributed by atoms with Gasteiger partial charge in [-0.1, -0.05) is 24.0 Å². The molecule has 0 aromatic heterocycles. The van der Waals surface area contributed by atoms with Crippen molar-refractivity contribution >= 4 is 5.69 Å². The van der Waals surface area contributed by atoms with Gasteiger partial charge in [0.15, 0.2) is 0 Å². The largest absolute Gasteiger partial charge is 0.494 e. The second-order valence-corrected chi connectivity index (χ2v) is 3.79. The third kappa shape index (κ3) is 3.05. The van der Waals surface area contributed by atoms with Crippen LogP contribution in [0.4, 0.5) is 5.69 Å². The van der Waals surface area contributed by atoms with E-state index in [9.17, 15) is 0 Å². The van der Waals surface area contributed by atoms with Gasteiger partial charge in [-0.25, -0.2) is 0 Å². The lowest BCUT2D eigenvalue weighted by atomic mass is 10.1. The van der Waals surface area contributed by atoms with E-state index in [2.05, 4.69) is 11.8 Å². The Hall–Kier alpha value is -2.40. The molecule has 18 heavy (non-hydrogen) atoms. The predicted molar refractivity (Wildman–Crippen MR) is 74.4 cm³/mol. The van der Waals surface area contributed by atoms with Crippen LogP contribution < -0.4 is 10.5 Å². The van der Waals surface area contributed by atoms with Gasteiger partial charge in [0.25, 0.3) is 0 Å². The highest BCUT2D eigenvalue weighted by atomic mass is 16.5. The topological polar surface area (TPSA) is 35.2 Å². The SMILES string of the molecule is CCOc1ccc(C#Cc2ccccc2N)cc1. The highest BCUT2D eigenvalue weighted by Crippen LogP contribution is 2.12. The lowest BCUT2D eigenvalue weighted by Crippen LogP contribution is -1.90. The maximum atomic E-state index is 5.83. The molecule has 0 aliphatic heterocycles. The molecule has 2 aromatic carbocycles.